The van der Waals surface area contributed by atoms with Crippen LogP contribution in [0.2, 0.25) is 0 Å². The van der Waals surface area contributed by atoms with Crippen molar-refractivity contribution in [2.45, 2.75) is 45.1 Å². The van der Waals surface area contributed by atoms with E-state index in [4.69, 9.17) is 9.47 Å². The van der Waals surface area contributed by atoms with Crippen LogP contribution < -0.4 is 19.1 Å². The van der Waals surface area contributed by atoms with Crippen LogP contribution in [0.4, 0.5) is 5.69 Å². The number of carbonyl (C=O) groups excluding carboxylic acids is 1. The Morgan fingerprint density at radius 3 is 2.55 bits per heavy atom. The Morgan fingerprint density at radius 2 is 1.81 bits per heavy atom. The number of anilines is 1. The number of nitrogens with one attached hydrogen (secondary N) is 1. The van der Waals surface area contributed by atoms with E-state index in [9.17, 15) is 13.2 Å². The fourth-order valence-corrected chi connectivity index (χ4v) is 5.05. The summed E-state index contributed by atoms with van der Waals surface area (Å²) in [4.78, 5) is 12.9. The van der Waals surface area contributed by atoms with Crippen LogP contribution in [0, 0.1) is 0 Å². The van der Waals surface area contributed by atoms with Crippen LogP contribution in [0.1, 0.15) is 48.9 Å². The highest BCUT2D eigenvalue weighted by Gasteiger charge is 2.25. The van der Waals surface area contributed by atoms with Gasteiger partial charge in [-0.3, -0.25) is 9.10 Å². The number of rotatable bonds is 7. The van der Waals surface area contributed by atoms with E-state index in [0.29, 0.717) is 23.6 Å². The molecule has 1 atom stereocenters. The number of nitrogens with zero attached hydrogens (tertiary/aromatic N) is 1. The molecular formula is C23H28N2O5S. The number of fused-ring (bicyclic) bond motifs is 2. The van der Waals surface area contributed by atoms with Crippen molar-refractivity contribution in [3.05, 3.63) is 53.1 Å². The molecule has 166 valence electrons. The lowest BCUT2D eigenvalue weighted by Crippen LogP contribution is -2.41. The molecule has 1 N–H and O–H groups in total. The Bertz CT molecular complexity index is 1080. The second-order valence-electron chi connectivity index (χ2n) is 8.07. The van der Waals surface area contributed by atoms with Gasteiger partial charge in [-0.05, 0) is 60.9 Å². The SMILES string of the molecule is CC[C@@H](NC(=O)CN(c1ccc2c(c1)OCO2)S(C)(=O)=O)c1ccc2c(c1)CCCC2. The zero-order valence-corrected chi connectivity index (χ0v) is 18.7. The molecule has 2 aromatic rings. The van der Waals surface area contributed by atoms with Crippen molar-refractivity contribution >= 4 is 21.6 Å². The minimum atomic E-state index is -3.67. The van der Waals surface area contributed by atoms with Crippen molar-refractivity contribution in [3.63, 3.8) is 0 Å². The maximum absolute atomic E-state index is 12.9. The molecule has 1 aliphatic carbocycles. The maximum Gasteiger partial charge on any atom is 0.241 e. The fraction of sp³-hybridized carbons (Fsp3) is 0.435. The van der Waals surface area contributed by atoms with Gasteiger partial charge in [-0.15, -0.1) is 0 Å². The molecule has 0 unspecified atom stereocenters. The Kier molecular flexibility index (Phi) is 6.09. The minimum Gasteiger partial charge on any atom is -0.454 e. The number of hydrogen-bond donors (Lipinski definition) is 1. The van der Waals surface area contributed by atoms with Crippen LogP contribution in [0.3, 0.4) is 0 Å². The topological polar surface area (TPSA) is 84.9 Å². The molecule has 31 heavy (non-hydrogen) atoms. The molecule has 0 aromatic heterocycles. The molecule has 1 heterocycles. The van der Waals surface area contributed by atoms with Crippen LogP contribution in [0.25, 0.3) is 0 Å². The number of amides is 1. The van der Waals surface area contributed by atoms with Gasteiger partial charge >= 0.3 is 0 Å². The van der Waals surface area contributed by atoms with Gasteiger partial charge in [0.15, 0.2) is 11.5 Å². The maximum atomic E-state index is 12.9. The number of sulfonamides is 1. The highest BCUT2D eigenvalue weighted by atomic mass is 32.2. The molecule has 2 aliphatic rings. The standard InChI is InChI=1S/C23H28N2O5S/c1-3-20(18-9-8-16-6-4-5-7-17(16)12-18)24-23(26)14-25(31(2,27)28)19-10-11-21-22(13-19)30-15-29-21/h8-13,20H,3-7,14-15H2,1-2H3,(H,24,26)/t20-/m1/s1. The molecule has 0 fully saturated rings. The van der Waals surface area contributed by atoms with Gasteiger partial charge in [0.25, 0.3) is 0 Å². The van der Waals surface area contributed by atoms with Crippen LogP contribution in [0.5, 0.6) is 11.5 Å². The minimum absolute atomic E-state index is 0.0944. The molecule has 0 saturated heterocycles. The Morgan fingerprint density at radius 1 is 1.06 bits per heavy atom. The van der Waals surface area contributed by atoms with Gasteiger partial charge in [0.05, 0.1) is 18.0 Å². The Balaban J connectivity index is 1.51. The van der Waals surface area contributed by atoms with Crippen LogP contribution in [0.15, 0.2) is 36.4 Å². The van der Waals surface area contributed by atoms with Crippen molar-refractivity contribution in [3.8, 4) is 11.5 Å². The van der Waals surface area contributed by atoms with E-state index in [2.05, 4.69) is 23.5 Å². The second-order valence-corrected chi connectivity index (χ2v) is 9.98. The van der Waals surface area contributed by atoms with Crippen LogP contribution in [-0.4, -0.2) is 33.9 Å². The first-order valence-electron chi connectivity index (χ1n) is 10.6. The van der Waals surface area contributed by atoms with E-state index in [-0.39, 0.29) is 25.3 Å². The van der Waals surface area contributed by atoms with Gasteiger partial charge in [0.1, 0.15) is 6.54 Å². The molecule has 0 bridgehead atoms. The smallest absolute Gasteiger partial charge is 0.241 e. The molecular weight excluding hydrogens is 416 g/mol. The van der Waals surface area contributed by atoms with Crippen molar-refractivity contribution in [2.24, 2.45) is 0 Å². The van der Waals surface area contributed by atoms with Crippen molar-refractivity contribution in [1.82, 2.24) is 5.32 Å². The number of aryl methyl sites for hydroxylation is 2. The zero-order valence-electron chi connectivity index (χ0n) is 17.9. The lowest BCUT2D eigenvalue weighted by atomic mass is 9.89. The largest absolute Gasteiger partial charge is 0.454 e. The van der Waals surface area contributed by atoms with Gasteiger partial charge < -0.3 is 14.8 Å². The van der Waals surface area contributed by atoms with E-state index in [0.717, 1.165) is 29.0 Å². The molecule has 8 heteroatoms. The summed E-state index contributed by atoms with van der Waals surface area (Å²) in [6.45, 7) is 1.80. The summed E-state index contributed by atoms with van der Waals surface area (Å²) in [7, 11) is -3.67. The van der Waals surface area contributed by atoms with Crippen molar-refractivity contribution < 1.29 is 22.7 Å². The molecule has 1 amide bonds. The van der Waals surface area contributed by atoms with E-state index < -0.39 is 10.0 Å². The van der Waals surface area contributed by atoms with E-state index in [1.165, 1.54) is 24.0 Å². The van der Waals surface area contributed by atoms with Crippen LogP contribution >= 0.6 is 0 Å². The monoisotopic (exact) mass is 444 g/mol. The zero-order chi connectivity index (χ0) is 22.0. The average molecular weight is 445 g/mol. The van der Waals surface area contributed by atoms with Crippen LogP contribution in [-0.2, 0) is 27.7 Å². The van der Waals surface area contributed by atoms with E-state index in [1.54, 1.807) is 18.2 Å². The Hall–Kier alpha value is -2.74. The molecule has 7 nitrogen and oxygen atoms in total. The van der Waals surface area contributed by atoms with Gasteiger partial charge in [-0.2, -0.15) is 0 Å². The number of benzene rings is 2. The first-order chi connectivity index (χ1) is 14.8. The first kappa shape index (κ1) is 21.5. The molecule has 2 aromatic carbocycles. The van der Waals surface area contributed by atoms with Gasteiger partial charge in [0, 0.05) is 6.07 Å². The lowest BCUT2D eigenvalue weighted by molar-refractivity contribution is -0.120. The number of ether oxygens (including phenoxy) is 2. The number of hydrogen-bond acceptors (Lipinski definition) is 5. The van der Waals surface area contributed by atoms with Crippen molar-refractivity contribution in [1.29, 1.82) is 0 Å². The third-order valence-corrected chi connectivity index (χ3v) is 6.99. The summed E-state index contributed by atoms with van der Waals surface area (Å²) in [5.41, 5.74) is 4.17. The summed E-state index contributed by atoms with van der Waals surface area (Å²) >= 11 is 0. The summed E-state index contributed by atoms with van der Waals surface area (Å²) in [5, 5.41) is 3.01. The van der Waals surface area contributed by atoms with Crippen molar-refractivity contribution in [2.75, 3.05) is 23.9 Å². The predicted molar refractivity (Wildman–Crippen MR) is 119 cm³/mol. The highest BCUT2D eigenvalue weighted by molar-refractivity contribution is 7.92. The lowest BCUT2D eigenvalue weighted by Gasteiger charge is -2.25. The molecule has 4 rings (SSSR count). The Labute approximate surface area is 183 Å². The molecule has 0 saturated carbocycles. The summed E-state index contributed by atoms with van der Waals surface area (Å²) in [6.07, 6.45) is 6.40. The normalized spacial score (nSPS) is 15.8. The second kappa shape index (κ2) is 8.78. The fourth-order valence-electron chi connectivity index (χ4n) is 4.20. The van der Waals surface area contributed by atoms with E-state index >= 15 is 0 Å². The predicted octanol–water partition coefficient (Wildman–Crippen LogP) is 3.33. The van der Waals surface area contributed by atoms with Gasteiger partial charge in [-0.1, -0.05) is 25.1 Å². The average Bonchev–Trinajstić information content (AvgIpc) is 3.22. The van der Waals surface area contributed by atoms with E-state index in [1.807, 2.05) is 6.92 Å². The highest BCUT2D eigenvalue weighted by Crippen LogP contribution is 2.36. The quantitative estimate of drug-likeness (QED) is 0.708. The van der Waals surface area contributed by atoms with Gasteiger partial charge in [-0.25, -0.2) is 8.42 Å². The molecule has 0 spiro atoms. The first-order valence-corrected chi connectivity index (χ1v) is 12.5. The third-order valence-electron chi connectivity index (χ3n) is 5.85. The van der Waals surface area contributed by atoms with Gasteiger partial charge in [0.2, 0.25) is 22.7 Å². The summed E-state index contributed by atoms with van der Waals surface area (Å²) in [5.74, 6) is 0.667. The molecule has 0 radical (unpaired) electrons. The number of carbonyl (C=O) groups is 1. The molecule has 1 aliphatic heterocycles. The third kappa shape index (κ3) is 4.79. The summed E-state index contributed by atoms with van der Waals surface area (Å²) < 4.78 is 36.6. The summed E-state index contributed by atoms with van der Waals surface area (Å²) in [6, 6.07) is 11.1.